The summed E-state index contributed by atoms with van der Waals surface area (Å²) in [6.07, 6.45) is 7.03. The van der Waals surface area contributed by atoms with Crippen molar-refractivity contribution in [1.29, 1.82) is 0 Å². The van der Waals surface area contributed by atoms with E-state index in [9.17, 15) is 0 Å². The lowest BCUT2D eigenvalue weighted by molar-refractivity contribution is 0.254. The maximum Gasteiger partial charge on any atom is 0.131 e. The average molecular weight is 247 g/mol. The third-order valence-corrected chi connectivity index (χ3v) is 4.37. The van der Waals surface area contributed by atoms with Crippen molar-refractivity contribution in [3.8, 4) is 0 Å². The van der Waals surface area contributed by atoms with Gasteiger partial charge in [0.05, 0.1) is 5.69 Å². The third-order valence-electron chi connectivity index (χ3n) is 4.37. The van der Waals surface area contributed by atoms with Crippen molar-refractivity contribution in [2.24, 2.45) is 17.6 Å². The molecule has 0 radical (unpaired) electrons. The predicted octanol–water partition coefficient (Wildman–Crippen LogP) is 3.17. The van der Waals surface area contributed by atoms with E-state index in [1.54, 1.807) is 0 Å². The molecule has 2 rings (SSSR count). The van der Waals surface area contributed by atoms with Crippen LogP contribution in [0.4, 0.5) is 0 Å². The molecular weight excluding hydrogens is 222 g/mol. The summed E-state index contributed by atoms with van der Waals surface area (Å²) in [6, 6.07) is 0. The summed E-state index contributed by atoms with van der Waals surface area (Å²) in [7, 11) is 0. The summed E-state index contributed by atoms with van der Waals surface area (Å²) < 4.78 is 0. The Morgan fingerprint density at radius 3 is 2.50 bits per heavy atom. The molecule has 0 unspecified atom stereocenters. The van der Waals surface area contributed by atoms with Gasteiger partial charge in [-0.2, -0.15) is 0 Å². The Morgan fingerprint density at radius 1 is 1.28 bits per heavy atom. The Kier molecular flexibility index (Phi) is 4.33. The third kappa shape index (κ3) is 2.89. The Labute approximate surface area is 110 Å². The Bertz CT molecular complexity index is 393. The molecule has 1 aliphatic rings. The fraction of sp³-hybridized carbons (Fsp3) is 0.733. The number of nitrogens with zero attached hydrogens (tertiary/aromatic N) is 2. The minimum atomic E-state index is 0.517. The fourth-order valence-electron chi connectivity index (χ4n) is 2.94. The Balaban J connectivity index is 2.05. The zero-order valence-electron chi connectivity index (χ0n) is 11.8. The smallest absolute Gasteiger partial charge is 0.131 e. The molecule has 1 saturated carbocycles. The van der Waals surface area contributed by atoms with Crippen molar-refractivity contribution < 1.29 is 0 Å². The van der Waals surface area contributed by atoms with Gasteiger partial charge in [0.1, 0.15) is 5.82 Å². The lowest BCUT2D eigenvalue weighted by Gasteiger charge is -2.30. The van der Waals surface area contributed by atoms with Gasteiger partial charge in [-0.05, 0) is 50.0 Å². The number of hydrogen-bond donors (Lipinski definition) is 1. The van der Waals surface area contributed by atoms with Crippen LogP contribution < -0.4 is 5.73 Å². The zero-order chi connectivity index (χ0) is 13.1. The first-order valence-electron chi connectivity index (χ1n) is 7.14. The van der Waals surface area contributed by atoms with E-state index in [0.717, 1.165) is 28.9 Å². The van der Waals surface area contributed by atoms with Gasteiger partial charge in [-0.3, -0.25) is 0 Å². The molecule has 0 atom stereocenters. The molecule has 1 aliphatic carbocycles. The molecule has 2 N–H and O–H groups in total. The van der Waals surface area contributed by atoms with E-state index < -0.39 is 0 Å². The topological polar surface area (TPSA) is 51.8 Å². The van der Waals surface area contributed by atoms with Gasteiger partial charge in [-0.15, -0.1) is 0 Å². The number of nitrogens with two attached hydrogens (primary N) is 1. The number of rotatable bonds is 3. The van der Waals surface area contributed by atoms with Crippen molar-refractivity contribution in [2.75, 3.05) is 0 Å². The molecule has 0 spiro atoms. The van der Waals surface area contributed by atoms with Crippen LogP contribution in [-0.4, -0.2) is 9.97 Å². The summed E-state index contributed by atoms with van der Waals surface area (Å²) in [5.74, 6) is 3.26. The van der Waals surface area contributed by atoms with Gasteiger partial charge < -0.3 is 5.73 Å². The van der Waals surface area contributed by atoms with Gasteiger partial charge in [0.25, 0.3) is 0 Å². The maximum absolute atomic E-state index is 5.72. The highest BCUT2D eigenvalue weighted by atomic mass is 14.9. The van der Waals surface area contributed by atoms with E-state index in [1.165, 1.54) is 25.7 Å². The van der Waals surface area contributed by atoms with E-state index in [4.69, 9.17) is 5.73 Å². The van der Waals surface area contributed by atoms with Crippen LogP contribution in [0.2, 0.25) is 0 Å². The van der Waals surface area contributed by atoms with Crippen molar-refractivity contribution in [1.82, 2.24) is 9.97 Å². The van der Waals surface area contributed by atoms with Crippen LogP contribution in [0.3, 0.4) is 0 Å². The van der Waals surface area contributed by atoms with Crippen LogP contribution in [0.1, 0.15) is 62.5 Å². The van der Waals surface area contributed by atoms with E-state index in [1.807, 2.05) is 13.1 Å². The second-order valence-corrected chi connectivity index (χ2v) is 5.92. The van der Waals surface area contributed by atoms with Crippen molar-refractivity contribution in [2.45, 2.75) is 58.9 Å². The van der Waals surface area contributed by atoms with Crippen molar-refractivity contribution in [3.63, 3.8) is 0 Å². The number of aryl methyl sites for hydroxylation is 1. The quantitative estimate of drug-likeness (QED) is 0.892. The van der Waals surface area contributed by atoms with Crippen LogP contribution in [0.5, 0.6) is 0 Å². The first-order valence-corrected chi connectivity index (χ1v) is 7.14. The summed E-state index contributed by atoms with van der Waals surface area (Å²) in [5.41, 5.74) is 7.83. The van der Waals surface area contributed by atoms with Crippen LogP contribution in [0.15, 0.2) is 6.20 Å². The second-order valence-electron chi connectivity index (χ2n) is 5.92. The minimum absolute atomic E-state index is 0.517. The highest BCUT2D eigenvalue weighted by molar-refractivity contribution is 5.16. The van der Waals surface area contributed by atoms with Gasteiger partial charge >= 0.3 is 0 Å². The van der Waals surface area contributed by atoms with E-state index in [0.29, 0.717) is 12.5 Å². The van der Waals surface area contributed by atoms with E-state index in [-0.39, 0.29) is 0 Å². The van der Waals surface area contributed by atoms with Crippen molar-refractivity contribution >= 4 is 0 Å². The fourth-order valence-corrected chi connectivity index (χ4v) is 2.94. The second kappa shape index (κ2) is 5.79. The molecule has 1 heterocycles. The molecule has 0 bridgehead atoms. The molecule has 1 aromatic heterocycles. The number of aromatic nitrogens is 2. The minimum Gasteiger partial charge on any atom is -0.325 e. The highest BCUT2D eigenvalue weighted by Gasteiger charge is 2.25. The molecule has 0 amide bonds. The van der Waals surface area contributed by atoms with Crippen LogP contribution in [0.25, 0.3) is 0 Å². The summed E-state index contributed by atoms with van der Waals surface area (Å²) in [6.45, 7) is 7.21. The molecule has 0 saturated heterocycles. The number of hydrogen-bond acceptors (Lipinski definition) is 3. The van der Waals surface area contributed by atoms with Gasteiger partial charge in [0, 0.05) is 18.7 Å². The van der Waals surface area contributed by atoms with Crippen LogP contribution >= 0.6 is 0 Å². The molecule has 0 aromatic carbocycles. The van der Waals surface area contributed by atoms with Gasteiger partial charge in [-0.1, -0.05) is 13.8 Å². The first-order chi connectivity index (χ1) is 8.61. The molecule has 1 fully saturated rings. The molecule has 100 valence electrons. The van der Waals surface area contributed by atoms with Gasteiger partial charge in [-0.25, -0.2) is 9.97 Å². The Hall–Kier alpha value is -0.960. The Morgan fingerprint density at radius 2 is 1.94 bits per heavy atom. The maximum atomic E-state index is 5.72. The van der Waals surface area contributed by atoms with Crippen LogP contribution in [0, 0.1) is 18.8 Å². The summed E-state index contributed by atoms with van der Waals surface area (Å²) >= 11 is 0. The average Bonchev–Trinajstić information content (AvgIpc) is 2.39. The summed E-state index contributed by atoms with van der Waals surface area (Å²) in [5, 5.41) is 0. The first kappa shape index (κ1) is 13.5. The lowest BCUT2D eigenvalue weighted by atomic mass is 9.76. The molecule has 18 heavy (non-hydrogen) atoms. The standard InChI is InChI=1S/C15H25N3/c1-10(2)12-4-6-13(7-5-12)15-17-9-11(3)14(8-16)18-15/h9-10,12-13H,4-8,16H2,1-3H3. The molecule has 3 nitrogen and oxygen atoms in total. The molecular formula is C15H25N3. The SMILES string of the molecule is Cc1cnc(C2CCC(C(C)C)CC2)nc1CN. The monoisotopic (exact) mass is 247 g/mol. The van der Waals surface area contributed by atoms with Crippen LogP contribution in [-0.2, 0) is 6.54 Å². The lowest BCUT2D eigenvalue weighted by Crippen LogP contribution is -2.19. The highest BCUT2D eigenvalue weighted by Crippen LogP contribution is 2.37. The zero-order valence-corrected chi connectivity index (χ0v) is 11.8. The van der Waals surface area contributed by atoms with Gasteiger partial charge in [0.2, 0.25) is 0 Å². The largest absolute Gasteiger partial charge is 0.325 e. The van der Waals surface area contributed by atoms with Gasteiger partial charge in [0.15, 0.2) is 0 Å². The van der Waals surface area contributed by atoms with E-state index in [2.05, 4.69) is 23.8 Å². The van der Waals surface area contributed by atoms with E-state index >= 15 is 0 Å². The normalized spacial score (nSPS) is 24.5. The molecule has 3 heteroatoms. The molecule has 0 aliphatic heterocycles. The van der Waals surface area contributed by atoms with Crippen molar-refractivity contribution in [3.05, 3.63) is 23.3 Å². The summed E-state index contributed by atoms with van der Waals surface area (Å²) in [4.78, 5) is 9.16. The predicted molar refractivity (Wildman–Crippen MR) is 74.2 cm³/mol. The molecule has 1 aromatic rings.